The van der Waals surface area contributed by atoms with Crippen molar-refractivity contribution in [3.05, 3.63) is 0 Å². The lowest BCUT2D eigenvalue weighted by Crippen LogP contribution is -2.34. The zero-order valence-electron chi connectivity index (χ0n) is 9.38. The van der Waals surface area contributed by atoms with Crippen LogP contribution in [0.1, 0.15) is 32.6 Å². The molecule has 0 aromatic carbocycles. The Morgan fingerprint density at radius 2 is 2.40 bits per heavy atom. The summed E-state index contributed by atoms with van der Waals surface area (Å²) in [6, 6.07) is 0. The fourth-order valence-corrected chi connectivity index (χ4v) is 1.96. The van der Waals surface area contributed by atoms with Gasteiger partial charge in [0.2, 0.25) is 5.91 Å². The smallest absolute Gasteiger partial charge is 0.225 e. The average molecular weight is 234 g/mol. The fourth-order valence-electron chi connectivity index (χ4n) is 1.84. The molecule has 1 rings (SSSR count). The third kappa shape index (κ3) is 4.39. The van der Waals surface area contributed by atoms with Crippen LogP contribution in [0.2, 0.25) is 0 Å². The number of rotatable bonds is 6. The molecule has 1 heterocycles. The zero-order chi connectivity index (χ0) is 11.1. The Balaban J connectivity index is 2.28. The summed E-state index contributed by atoms with van der Waals surface area (Å²) >= 11 is 5.61. The molecule has 1 saturated heterocycles. The molecule has 0 bridgehead atoms. The van der Waals surface area contributed by atoms with Crippen LogP contribution in [0.3, 0.4) is 0 Å². The lowest BCUT2D eigenvalue weighted by Gasteiger charge is -2.21. The second kappa shape index (κ2) is 7.07. The first-order valence-electron chi connectivity index (χ1n) is 5.73. The molecular weight excluding hydrogens is 214 g/mol. The van der Waals surface area contributed by atoms with E-state index in [2.05, 4.69) is 0 Å². The van der Waals surface area contributed by atoms with Gasteiger partial charge in [0.15, 0.2) is 0 Å². The largest absolute Gasteiger partial charge is 0.378 e. The second-order valence-corrected chi connectivity index (χ2v) is 4.23. The quantitative estimate of drug-likeness (QED) is 0.657. The standard InChI is InChI=1S/C11H20ClNO2/c1-2-13(7-4-6-12)11(14)9-10-5-3-8-15-10/h10H,2-9H2,1H3. The minimum atomic E-state index is 0.155. The molecule has 1 fully saturated rings. The van der Waals surface area contributed by atoms with Crippen molar-refractivity contribution in [1.82, 2.24) is 4.90 Å². The van der Waals surface area contributed by atoms with E-state index in [0.717, 1.165) is 39.0 Å². The molecule has 4 heteroatoms. The van der Waals surface area contributed by atoms with E-state index >= 15 is 0 Å². The first-order chi connectivity index (χ1) is 7.27. The number of halogens is 1. The maximum Gasteiger partial charge on any atom is 0.225 e. The molecule has 0 N–H and O–H groups in total. The van der Waals surface area contributed by atoms with Crippen molar-refractivity contribution in [3.63, 3.8) is 0 Å². The van der Waals surface area contributed by atoms with Crippen LogP contribution in [0.4, 0.5) is 0 Å². The van der Waals surface area contributed by atoms with Crippen molar-refractivity contribution in [3.8, 4) is 0 Å². The van der Waals surface area contributed by atoms with Crippen LogP contribution in [-0.4, -0.2) is 42.5 Å². The number of hydrogen-bond donors (Lipinski definition) is 0. The third-order valence-corrected chi connectivity index (χ3v) is 2.99. The van der Waals surface area contributed by atoms with Crippen LogP contribution in [0.25, 0.3) is 0 Å². The highest BCUT2D eigenvalue weighted by atomic mass is 35.5. The lowest BCUT2D eigenvalue weighted by atomic mass is 10.1. The Morgan fingerprint density at radius 1 is 1.60 bits per heavy atom. The summed E-state index contributed by atoms with van der Waals surface area (Å²) < 4.78 is 5.45. The van der Waals surface area contributed by atoms with Gasteiger partial charge in [0.25, 0.3) is 0 Å². The highest BCUT2D eigenvalue weighted by Gasteiger charge is 2.21. The molecule has 3 nitrogen and oxygen atoms in total. The van der Waals surface area contributed by atoms with Gasteiger partial charge in [-0.25, -0.2) is 0 Å². The van der Waals surface area contributed by atoms with E-state index in [-0.39, 0.29) is 12.0 Å². The Kier molecular flexibility index (Phi) is 6.03. The normalized spacial score (nSPS) is 20.5. The first-order valence-corrected chi connectivity index (χ1v) is 6.26. The molecule has 15 heavy (non-hydrogen) atoms. The summed E-state index contributed by atoms with van der Waals surface area (Å²) in [4.78, 5) is 13.7. The molecule has 88 valence electrons. The summed E-state index contributed by atoms with van der Waals surface area (Å²) in [6.45, 7) is 4.35. The third-order valence-electron chi connectivity index (χ3n) is 2.72. The number of carbonyl (C=O) groups excluding carboxylic acids is 1. The van der Waals surface area contributed by atoms with Crippen LogP contribution in [0.15, 0.2) is 0 Å². The second-order valence-electron chi connectivity index (χ2n) is 3.86. The van der Waals surface area contributed by atoms with Gasteiger partial charge >= 0.3 is 0 Å². The monoisotopic (exact) mass is 233 g/mol. The molecular formula is C11H20ClNO2. The van der Waals surface area contributed by atoms with E-state index in [1.807, 2.05) is 11.8 Å². The number of alkyl halides is 1. The molecule has 1 atom stereocenters. The van der Waals surface area contributed by atoms with Crippen molar-refractivity contribution < 1.29 is 9.53 Å². The summed E-state index contributed by atoms with van der Waals surface area (Å²) in [7, 11) is 0. The summed E-state index contributed by atoms with van der Waals surface area (Å²) in [5.41, 5.74) is 0. The minimum absolute atomic E-state index is 0.155. The lowest BCUT2D eigenvalue weighted by molar-refractivity contribution is -0.133. The molecule has 1 unspecified atom stereocenters. The van der Waals surface area contributed by atoms with E-state index in [1.54, 1.807) is 0 Å². The van der Waals surface area contributed by atoms with Gasteiger partial charge in [-0.2, -0.15) is 0 Å². The van der Waals surface area contributed by atoms with Crippen molar-refractivity contribution in [2.24, 2.45) is 0 Å². The molecule has 1 aliphatic heterocycles. The maximum absolute atomic E-state index is 11.8. The molecule has 0 aromatic rings. The number of hydrogen-bond acceptors (Lipinski definition) is 2. The van der Waals surface area contributed by atoms with E-state index in [4.69, 9.17) is 16.3 Å². The van der Waals surface area contributed by atoms with Gasteiger partial charge in [-0.1, -0.05) is 0 Å². The molecule has 0 saturated carbocycles. The molecule has 1 amide bonds. The van der Waals surface area contributed by atoms with Gasteiger partial charge in [-0.05, 0) is 26.2 Å². The summed E-state index contributed by atoms with van der Waals surface area (Å²) in [6.07, 6.45) is 3.68. The molecule has 1 aliphatic rings. The molecule has 0 radical (unpaired) electrons. The number of nitrogens with zero attached hydrogens (tertiary/aromatic N) is 1. The number of carbonyl (C=O) groups is 1. The topological polar surface area (TPSA) is 29.5 Å². The Morgan fingerprint density at radius 3 is 2.93 bits per heavy atom. The number of amides is 1. The van der Waals surface area contributed by atoms with Crippen molar-refractivity contribution in [2.45, 2.75) is 38.7 Å². The van der Waals surface area contributed by atoms with Gasteiger partial charge < -0.3 is 9.64 Å². The summed E-state index contributed by atoms with van der Waals surface area (Å²) in [5, 5.41) is 0. The van der Waals surface area contributed by atoms with Gasteiger partial charge in [0, 0.05) is 25.6 Å². The van der Waals surface area contributed by atoms with Crippen molar-refractivity contribution >= 4 is 17.5 Å². The predicted molar refractivity (Wildman–Crippen MR) is 61.2 cm³/mol. The minimum Gasteiger partial charge on any atom is -0.378 e. The molecule has 0 aliphatic carbocycles. The van der Waals surface area contributed by atoms with E-state index in [1.165, 1.54) is 0 Å². The van der Waals surface area contributed by atoms with Crippen LogP contribution in [0, 0.1) is 0 Å². The van der Waals surface area contributed by atoms with Crippen molar-refractivity contribution in [2.75, 3.05) is 25.6 Å². The van der Waals surface area contributed by atoms with Gasteiger partial charge in [-0.3, -0.25) is 4.79 Å². The fraction of sp³-hybridized carbons (Fsp3) is 0.909. The van der Waals surface area contributed by atoms with Crippen LogP contribution >= 0.6 is 11.6 Å². The Labute approximate surface area is 96.7 Å². The van der Waals surface area contributed by atoms with Gasteiger partial charge in [0.05, 0.1) is 12.5 Å². The van der Waals surface area contributed by atoms with E-state index in [0.29, 0.717) is 12.3 Å². The SMILES string of the molecule is CCN(CCCCl)C(=O)CC1CCCO1. The van der Waals surface area contributed by atoms with Crippen LogP contribution in [0.5, 0.6) is 0 Å². The van der Waals surface area contributed by atoms with E-state index < -0.39 is 0 Å². The Hall–Kier alpha value is -0.280. The first kappa shape index (κ1) is 12.8. The van der Waals surface area contributed by atoms with Gasteiger partial charge in [0.1, 0.15) is 0 Å². The molecule has 0 aromatic heterocycles. The predicted octanol–water partition coefficient (Wildman–Crippen LogP) is 2.03. The van der Waals surface area contributed by atoms with Crippen LogP contribution < -0.4 is 0 Å². The van der Waals surface area contributed by atoms with Crippen LogP contribution in [-0.2, 0) is 9.53 Å². The van der Waals surface area contributed by atoms with Gasteiger partial charge in [-0.15, -0.1) is 11.6 Å². The number of ether oxygens (including phenoxy) is 1. The molecule has 0 spiro atoms. The highest BCUT2D eigenvalue weighted by Crippen LogP contribution is 2.16. The Bertz CT molecular complexity index is 193. The van der Waals surface area contributed by atoms with E-state index in [9.17, 15) is 4.79 Å². The maximum atomic E-state index is 11.8. The van der Waals surface area contributed by atoms with Crippen molar-refractivity contribution in [1.29, 1.82) is 0 Å². The average Bonchev–Trinajstić information content (AvgIpc) is 2.71. The summed E-state index contributed by atoms with van der Waals surface area (Å²) in [5.74, 6) is 0.818. The zero-order valence-corrected chi connectivity index (χ0v) is 10.1. The highest BCUT2D eigenvalue weighted by molar-refractivity contribution is 6.17.